The molecule has 1 aromatic heterocycles. The summed E-state index contributed by atoms with van der Waals surface area (Å²) in [6, 6.07) is 1.39. The quantitative estimate of drug-likeness (QED) is 0.794. The lowest BCUT2D eigenvalue weighted by Crippen LogP contribution is -2.13. The number of halogens is 3. The molecule has 0 fully saturated rings. The molecule has 1 heterocycles. The topological polar surface area (TPSA) is 44.1 Å². The largest absolute Gasteiger partial charge is 0.465 e. The molecule has 0 N–H and O–H groups in total. The van der Waals surface area contributed by atoms with Crippen molar-refractivity contribution < 1.29 is 18.3 Å². The van der Waals surface area contributed by atoms with Crippen LogP contribution in [0.25, 0.3) is 10.9 Å². The minimum absolute atomic E-state index is 0.0950. The van der Waals surface area contributed by atoms with Gasteiger partial charge in [0, 0.05) is 21.6 Å². The molecule has 2 rings (SSSR count). The van der Waals surface area contributed by atoms with Gasteiger partial charge in [0.1, 0.15) is 6.54 Å². The van der Waals surface area contributed by atoms with E-state index in [1.807, 2.05) is 0 Å². The van der Waals surface area contributed by atoms with Crippen LogP contribution in [0.1, 0.15) is 24.5 Å². The zero-order valence-electron chi connectivity index (χ0n) is 11.0. The molecule has 0 aliphatic carbocycles. The number of nitrogens with zero attached hydrogens (tertiary/aromatic N) is 2. The van der Waals surface area contributed by atoms with Crippen LogP contribution in [0.15, 0.2) is 16.7 Å². The first-order valence-corrected chi connectivity index (χ1v) is 6.83. The van der Waals surface area contributed by atoms with Crippen LogP contribution >= 0.6 is 15.9 Å². The van der Waals surface area contributed by atoms with Crippen molar-refractivity contribution in [1.82, 2.24) is 9.78 Å². The third-order valence-electron chi connectivity index (χ3n) is 2.90. The summed E-state index contributed by atoms with van der Waals surface area (Å²) in [6.07, 6.45) is -1.15. The fourth-order valence-electron chi connectivity index (χ4n) is 1.95. The fraction of sp³-hybridized carbons (Fsp3) is 0.385. The third kappa shape index (κ3) is 2.82. The minimum atomic E-state index is -2.60. The van der Waals surface area contributed by atoms with E-state index in [1.54, 1.807) is 13.8 Å². The first-order valence-electron chi connectivity index (χ1n) is 6.04. The van der Waals surface area contributed by atoms with Crippen LogP contribution in [-0.2, 0) is 16.1 Å². The molecule has 4 nitrogen and oxygen atoms in total. The van der Waals surface area contributed by atoms with Gasteiger partial charge in [-0.15, -0.1) is 0 Å². The number of carbonyl (C=O) groups excluding carboxylic acids is 1. The molecular formula is C13H13BrF2N2O2. The van der Waals surface area contributed by atoms with Crippen LogP contribution in [0.3, 0.4) is 0 Å². The van der Waals surface area contributed by atoms with Gasteiger partial charge in [0.25, 0.3) is 6.43 Å². The molecule has 20 heavy (non-hydrogen) atoms. The van der Waals surface area contributed by atoms with Crippen molar-refractivity contribution in [2.24, 2.45) is 0 Å². The Balaban J connectivity index is 2.49. The van der Waals surface area contributed by atoms with E-state index in [1.165, 1.54) is 16.9 Å². The van der Waals surface area contributed by atoms with Gasteiger partial charge in [-0.2, -0.15) is 5.10 Å². The summed E-state index contributed by atoms with van der Waals surface area (Å²) < 4.78 is 32.8. The maximum absolute atomic E-state index is 13.1. The lowest BCUT2D eigenvalue weighted by Gasteiger charge is -2.05. The van der Waals surface area contributed by atoms with Crippen LogP contribution in [0.5, 0.6) is 0 Å². The number of alkyl halides is 2. The SMILES string of the molecule is CCOC(=O)Cn1cc2c(C(F)F)cc(Br)c(C)c2n1. The van der Waals surface area contributed by atoms with Gasteiger partial charge in [-0.1, -0.05) is 15.9 Å². The van der Waals surface area contributed by atoms with Gasteiger partial charge in [0.05, 0.1) is 12.1 Å². The van der Waals surface area contributed by atoms with E-state index in [9.17, 15) is 13.6 Å². The maximum Gasteiger partial charge on any atom is 0.327 e. The highest BCUT2D eigenvalue weighted by Crippen LogP contribution is 2.33. The molecule has 0 aliphatic heterocycles. The Hall–Kier alpha value is -1.50. The number of aromatic nitrogens is 2. The highest BCUT2D eigenvalue weighted by Gasteiger charge is 2.18. The zero-order valence-corrected chi connectivity index (χ0v) is 12.6. The Morgan fingerprint density at radius 1 is 1.55 bits per heavy atom. The number of rotatable bonds is 4. The summed E-state index contributed by atoms with van der Waals surface area (Å²) in [5.74, 6) is -0.448. The van der Waals surface area contributed by atoms with Crippen molar-refractivity contribution in [1.29, 1.82) is 0 Å². The number of carbonyl (C=O) groups is 1. The summed E-state index contributed by atoms with van der Waals surface area (Å²) in [6.45, 7) is 3.66. The highest BCUT2D eigenvalue weighted by molar-refractivity contribution is 9.10. The standard InChI is InChI=1S/C13H13BrF2N2O2/c1-3-20-11(19)6-18-5-9-8(13(15)16)4-10(14)7(2)12(9)17-18/h4-5,13H,3,6H2,1-2H3. The zero-order chi connectivity index (χ0) is 14.9. The van der Waals surface area contributed by atoms with E-state index in [4.69, 9.17) is 4.74 Å². The van der Waals surface area contributed by atoms with Crippen LogP contribution in [-0.4, -0.2) is 22.4 Å². The van der Waals surface area contributed by atoms with Crippen molar-refractivity contribution in [3.8, 4) is 0 Å². The van der Waals surface area contributed by atoms with Crippen molar-refractivity contribution in [3.63, 3.8) is 0 Å². The molecule has 1 aromatic carbocycles. The summed E-state index contributed by atoms with van der Waals surface area (Å²) in [5, 5.41) is 4.54. The van der Waals surface area contributed by atoms with E-state index in [0.717, 1.165) is 5.56 Å². The molecular weight excluding hydrogens is 334 g/mol. The summed E-state index contributed by atoms with van der Waals surface area (Å²) in [4.78, 5) is 11.4. The Morgan fingerprint density at radius 2 is 2.25 bits per heavy atom. The van der Waals surface area contributed by atoms with Crippen molar-refractivity contribution in [3.05, 3.63) is 27.9 Å². The van der Waals surface area contributed by atoms with E-state index in [2.05, 4.69) is 21.0 Å². The summed E-state index contributed by atoms with van der Waals surface area (Å²) in [7, 11) is 0. The lowest BCUT2D eigenvalue weighted by molar-refractivity contribution is -0.144. The van der Waals surface area contributed by atoms with E-state index >= 15 is 0 Å². The van der Waals surface area contributed by atoms with Crippen LogP contribution in [0.2, 0.25) is 0 Å². The van der Waals surface area contributed by atoms with E-state index in [0.29, 0.717) is 15.4 Å². The predicted octanol–water partition coefficient (Wildman–Crippen LogP) is 3.61. The van der Waals surface area contributed by atoms with Gasteiger partial charge >= 0.3 is 5.97 Å². The van der Waals surface area contributed by atoms with Crippen LogP contribution in [0, 0.1) is 6.92 Å². The van der Waals surface area contributed by atoms with E-state index < -0.39 is 12.4 Å². The maximum atomic E-state index is 13.1. The number of hydrogen-bond donors (Lipinski definition) is 0. The first kappa shape index (κ1) is 14.9. The van der Waals surface area contributed by atoms with Gasteiger partial charge in [-0.05, 0) is 25.5 Å². The Labute approximate surface area is 122 Å². The molecule has 2 aromatic rings. The average Bonchev–Trinajstić information content (AvgIpc) is 2.77. The highest BCUT2D eigenvalue weighted by atomic mass is 79.9. The second-order valence-corrected chi connectivity index (χ2v) is 5.12. The van der Waals surface area contributed by atoms with Crippen molar-refractivity contribution >= 4 is 32.8 Å². The molecule has 0 radical (unpaired) electrons. The number of ether oxygens (including phenoxy) is 1. The molecule has 0 aliphatic rings. The van der Waals surface area contributed by atoms with Crippen LogP contribution in [0.4, 0.5) is 8.78 Å². The normalized spacial score (nSPS) is 11.3. The lowest BCUT2D eigenvalue weighted by atomic mass is 10.1. The third-order valence-corrected chi connectivity index (χ3v) is 3.72. The second-order valence-electron chi connectivity index (χ2n) is 4.27. The van der Waals surface area contributed by atoms with Crippen molar-refractivity contribution in [2.45, 2.75) is 26.8 Å². The number of aryl methyl sites for hydroxylation is 1. The Bertz CT molecular complexity index is 655. The van der Waals surface area contributed by atoms with Crippen LogP contribution < -0.4 is 0 Å². The monoisotopic (exact) mass is 346 g/mol. The second kappa shape index (κ2) is 5.87. The first-order chi connectivity index (χ1) is 9.43. The molecule has 0 bridgehead atoms. The molecule has 0 spiro atoms. The molecule has 7 heteroatoms. The number of hydrogen-bond acceptors (Lipinski definition) is 3. The number of fused-ring (bicyclic) bond motifs is 1. The smallest absolute Gasteiger partial charge is 0.327 e. The average molecular weight is 347 g/mol. The fourth-order valence-corrected chi connectivity index (χ4v) is 2.38. The van der Waals surface area contributed by atoms with E-state index in [-0.39, 0.29) is 18.7 Å². The predicted molar refractivity (Wildman–Crippen MR) is 73.8 cm³/mol. The van der Waals surface area contributed by atoms with Gasteiger partial charge in [-0.3, -0.25) is 9.48 Å². The summed E-state index contributed by atoms with van der Waals surface area (Å²) >= 11 is 3.25. The van der Waals surface area contributed by atoms with Crippen molar-refractivity contribution in [2.75, 3.05) is 6.61 Å². The van der Waals surface area contributed by atoms with Gasteiger partial charge in [0.15, 0.2) is 0 Å². The molecule has 0 saturated heterocycles. The molecule has 0 atom stereocenters. The molecule has 0 saturated carbocycles. The van der Waals surface area contributed by atoms with Gasteiger partial charge in [0.2, 0.25) is 0 Å². The number of esters is 1. The summed E-state index contributed by atoms with van der Waals surface area (Å²) in [5.41, 5.74) is 1.11. The molecule has 0 unspecified atom stereocenters. The number of benzene rings is 1. The molecule has 0 amide bonds. The minimum Gasteiger partial charge on any atom is -0.465 e. The Morgan fingerprint density at radius 3 is 2.85 bits per heavy atom. The van der Waals surface area contributed by atoms with Gasteiger partial charge in [-0.25, -0.2) is 8.78 Å². The molecule has 108 valence electrons. The van der Waals surface area contributed by atoms with Gasteiger partial charge < -0.3 is 4.74 Å². The Kier molecular flexibility index (Phi) is 4.37.